The number of ether oxygens (including phenoxy) is 1. The molecule has 2 saturated carbocycles. The fraction of sp³-hybridized carbons (Fsp3) is 0.486. The van der Waals surface area contributed by atoms with E-state index in [0.717, 1.165) is 71.9 Å². The van der Waals surface area contributed by atoms with Crippen molar-refractivity contribution < 1.29 is 27.5 Å². The molecule has 48 heavy (non-hydrogen) atoms. The summed E-state index contributed by atoms with van der Waals surface area (Å²) in [6.07, 6.45) is 1.13. The normalized spacial score (nSPS) is 19.3. The number of primary amides is 1. The van der Waals surface area contributed by atoms with Gasteiger partial charge in [0.25, 0.3) is 5.91 Å². The third kappa shape index (κ3) is 6.27. The number of amides is 2. The van der Waals surface area contributed by atoms with E-state index in [-0.39, 0.29) is 24.3 Å². The SMILES string of the molecule is Cc1nc(CC(N)=O)nc(C)c1-c1ccc(COC2CC2)c(N2CCC3(CC2)N=C(c2ccc(C(F)(F)F)nc2C2CCC2)NC3=O)c1. The number of aromatic nitrogens is 3. The van der Waals surface area contributed by atoms with Gasteiger partial charge in [0.15, 0.2) is 0 Å². The first-order valence-corrected chi connectivity index (χ1v) is 16.5. The van der Waals surface area contributed by atoms with E-state index < -0.39 is 23.3 Å². The van der Waals surface area contributed by atoms with Crippen molar-refractivity contribution in [3.63, 3.8) is 0 Å². The molecule has 3 aromatic rings. The summed E-state index contributed by atoms with van der Waals surface area (Å²) < 4.78 is 46.7. The number of piperidine rings is 1. The molecule has 2 aromatic heterocycles. The first-order chi connectivity index (χ1) is 22.9. The maximum absolute atomic E-state index is 13.5. The highest BCUT2D eigenvalue weighted by molar-refractivity contribution is 6.16. The van der Waals surface area contributed by atoms with Crippen molar-refractivity contribution in [1.82, 2.24) is 20.3 Å². The van der Waals surface area contributed by atoms with Crippen molar-refractivity contribution in [2.45, 2.75) is 95.6 Å². The molecule has 1 spiro atoms. The largest absolute Gasteiger partial charge is 0.433 e. The van der Waals surface area contributed by atoms with Gasteiger partial charge in [0.2, 0.25) is 5.91 Å². The summed E-state index contributed by atoms with van der Waals surface area (Å²) in [5.74, 6) is -0.112. The van der Waals surface area contributed by atoms with Crippen LogP contribution in [0, 0.1) is 13.8 Å². The number of benzene rings is 1. The van der Waals surface area contributed by atoms with Gasteiger partial charge < -0.3 is 20.7 Å². The van der Waals surface area contributed by atoms with E-state index in [1.54, 1.807) is 0 Å². The first kappa shape index (κ1) is 32.2. The maximum Gasteiger partial charge on any atom is 0.433 e. The molecule has 1 saturated heterocycles. The molecule has 13 heteroatoms. The number of carbonyl (C=O) groups is 2. The van der Waals surface area contributed by atoms with Gasteiger partial charge >= 0.3 is 6.18 Å². The third-order valence-electron chi connectivity index (χ3n) is 9.90. The van der Waals surface area contributed by atoms with Gasteiger partial charge in [-0.05, 0) is 76.1 Å². The van der Waals surface area contributed by atoms with Gasteiger partial charge in [-0.3, -0.25) is 14.6 Å². The van der Waals surface area contributed by atoms with Crippen LogP contribution in [-0.2, 0) is 33.5 Å². The van der Waals surface area contributed by atoms with Gasteiger partial charge in [-0.1, -0.05) is 18.6 Å². The highest BCUT2D eigenvalue weighted by Gasteiger charge is 2.47. The number of aliphatic imine (C=N–C) groups is 1. The highest BCUT2D eigenvalue weighted by atomic mass is 19.4. The number of nitrogens with zero attached hydrogens (tertiary/aromatic N) is 5. The van der Waals surface area contributed by atoms with Crippen LogP contribution in [0.4, 0.5) is 18.9 Å². The minimum atomic E-state index is -4.55. The maximum atomic E-state index is 13.5. The summed E-state index contributed by atoms with van der Waals surface area (Å²) in [5, 5.41) is 2.91. The Morgan fingerprint density at radius 3 is 2.35 bits per heavy atom. The Bertz CT molecular complexity index is 1790. The number of halogens is 3. The predicted molar refractivity (Wildman–Crippen MR) is 172 cm³/mol. The van der Waals surface area contributed by atoms with Crippen LogP contribution in [0.15, 0.2) is 35.3 Å². The van der Waals surface area contributed by atoms with Crippen LogP contribution in [0.3, 0.4) is 0 Å². The van der Waals surface area contributed by atoms with E-state index in [1.165, 1.54) is 6.07 Å². The molecule has 0 bridgehead atoms. The quantitative estimate of drug-likeness (QED) is 0.327. The Hall–Kier alpha value is -4.39. The fourth-order valence-electron chi connectivity index (χ4n) is 6.94. The van der Waals surface area contributed by atoms with E-state index in [2.05, 4.69) is 37.3 Å². The number of hydrogen-bond donors (Lipinski definition) is 2. The number of amidine groups is 1. The third-order valence-corrected chi connectivity index (χ3v) is 9.90. The molecule has 10 nitrogen and oxygen atoms in total. The second-order valence-electron chi connectivity index (χ2n) is 13.4. The van der Waals surface area contributed by atoms with E-state index in [1.807, 2.05) is 19.9 Å². The van der Waals surface area contributed by atoms with Gasteiger partial charge in [0.1, 0.15) is 22.9 Å². The number of alkyl halides is 3. The monoisotopic (exact) mass is 661 g/mol. The molecule has 0 radical (unpaired) electrons. The van der Waals surface area contributed by atoms with E-state index in [9.17, 15) is 22.8 Å². The molecule has 252 valence electrons. The van der Waals surface area contributed by atoms with Crippen LogP contribution >= 0.6 is 0 Å². The number of carbonyl (C=O) groups excluding carboxylic acids is 2. The average molecular weight is 662 g/mol. The molecule has 3 N–H and O–H groups in total. The van der Waals surface area contributed by atoms with Crippen molar-refractivity contribution in [3.8, 4) is 11.1 Å². The summed E-state index contributed by atoms with van der Waals surface area (Å²) >= 11 is 0. The summed E-state index contributed by atoms with van der Waals surface area (Å²) in [6, 6.07) is 8.58. The van der Waals surface area contributed by atoms with Gasteiger partial charge in [-0.25, -0.2) is 15.0 Å². The minimum absolute atomic E-state index is 0.0325. The molecule has 3 fully saturated rings. The van der Waals surface area contributed by atoms with Gasteiger partial charge in [-0.2, -0.15) is 13.2 Å². The van der Waals surface area contributed by atoms with Crippen molar-refractivity contribution in [1.29, 1.82) is 0 Å². The zero-order chi connectivity index (χ0) is 33.8. The van der Waals surface area contributed by atoms with Crippen LogP contribution < -0.4 is 16.0 Å². The molecule has 4 heterocycles. The lowest BCUT2D eigenvalue weighted by Gasteiger charge is -2.38. The summed E-state index contributed by atoms with van der Waals surface area (Å²) in [5.41, 5.74) is 9.59. The molecule has 7 rings (SSSR count). The number of pyridine rings is 1. The Morgan fingerprint density at radius 2 is 1.75 bits per heavy atom. The predicted octanol–water partition coefficient (Wildman–Crippen LogP) is 5.06. The molecule has 2 amide bonds. The second kappa shape index (κ2) is 12.2. The summed E-state index contributed by atoms with van der Waals surface area (Å²) in [4.78, 5) is 45.2. The van der Waals surface area contributed by atoms with Crippen LogP contribution in [0.2, 0.25) is 0 Å². The Kier molecular flexibility index (Phi) is 8.21. The van der Waals surface area contributed by atoms with Gasteiger partial charge in [0, 0.05) is 52.8 Å². The van der Waals surface area contributed by atoms with Gasteiger partial charge in [-0.15, -0.1) is 0 Å². The number of rotatable bonds is 9. The van der Waals surface area contributed by atoms with Crippen molar-refractivity contribution in [3.05, 3.63) is 70.1 Å². The van der Waals surface area contributed by atoms with Crippen LogP contribution in [0.1, 0.15) is 90.6 Å². The lowest BCUT2D eigenvalue weighted by molar-refractivity contribution is -0.141. The molecule has 2 aliphatic heterocycles. The molecule has 0 atom stereocenters. The number of nitrogens with two attached hydrogens (primary N) is 1. The average Bonchev–Trinajstić information content (AvgIpc) is 3.78. The highest BCUT2D eigenvalue weighted by Crippen LogP contribution is 2.41. The molecule has 0 unspecified atom stereocenters. The Balaban J connectivity index is 1.16. The second-order valence-corrected chi connectivity index (χ2v) is 13.4. The molecule has 4 aliphatic rings. The van der Waals surface area contributed by atoms with Crippen molar-refractivity contribution in [2.24, 2.45) is 10.7 Å². The Morgan fingerprint density at radius 1 is 1.04 bits per heavy atom. The van der Waals surface area contributed by atoms with Crippen LogP contribution in [0.25, 0.3) is 11.1 Å². The zero-order valence-electron chi connectivity index (χ0n) is 27.0. The molecular formula is C35H38F3N7O3. The van der Waals surface area contributed by atoms with E-state index >= 15 is 0 Å². The number of anilines is 1. The lowest BCUT2D eigenvalue weighted by Crippen LogP contribution is -2.49. The topological polar surface area (TPSA) is 136 Å². The van der Waals surface area contributed by atoms with Gasteiger partial charge in [0.05, 0.1) is 24.8 Å². The van der Waals surface area contributed by atoms with Crippen molar-refractivity contribution >= 4 is 23.3 Å². The smallest absolute Gasteiger partial charge is 0.373 e. The zero-order valence-corrected chi connectivity index (χ0v) is 27.0. The lowest BCUT2D eigenvalue weighted by atomic mass is 9.80. The molecular weight excluding hydrogens is 623 g/mol. The summed E-state index contributed by atoms with van der Waals surface area (Å²) in [7, 11) is 0. The van der Waals surface area contributed by atoms with E-state index in [0.29, 0.717) is 55.5 Å². The first-order valence-electron chi connectivity index (χ1n) is 16.5. The van der Waals surface area contributed by atoms with Crippen LogP contribution in [0.5, 0.6) is 0 Å². The molecule has 2 aliphatic carbocycles. The summed E-state index contributed by atoms with van der Waals surface area (Å²) in [6.45, 7) is 5.31. The van der Waals surface area contributed by atoms with Crippen molar-refractivity contribution in [2.75, 3.05) is 18.0 Å². The number of nitrogens with one attached hydrogen (secondary N) is 1. The molecule has 1 aromatic carbocycles. The standard InChI is InChI=1S/C35H38F3N7O3/c1-19-30(20(2)41-29(40-19)17-28(39)46)22-6-7-23(18-48-24-8-9-24)26(16-22)45-14-12-34(13-15-45)33(47)43-32(44-34)25-10-11-27(35(36,37)38)42-31(25)21-4-3-5-21/h6-7,10-11,16,21,24H,3-5,8-9,12-15,17-18H2,1-2H3,(H2,39,46)(H,43,44,47). The number of hydrogen-bond acceptors (Lipinski definition) is 8. The Labute approximate surface area is 276 Å². The van der Waals surface area contributed by atoms with Crippen LogP contribution in [-0.4, -0.2) is 57.3 Å². The minimum Gasteiger partial charge on any atom is -0.373 e. The fourth-order valence-corrected chi connectivity index (χ4v) is 6.94. The van der Waals surface area contributed by atoms with E-state index in [4.69, 9.17) is 15.5 Å². The number of aryl methyl sites for hydroxylation is 2.